The minimum absolute atomic E-state index is 0.0640. The molecule has 0 aliphatic heterocycles. The van der Waals surface area contributed by atoms with Crippen LogP contribution in [0.25, 0.3) is 0 Å². The van der Waals surface area contributed by atoms with Crippen LogP contribution < -0.4 is 4.74 Å². The largest absolute Gasteiger partial charge is 0.479 e. The number of ether oxygens (including phenoxy) is 2. The van der Waals surface area contributed by atoms with E-state index in [4.69, 9.17) is 9.47 Å². The topological polar surface area (TPSA) is 68.4 Å². The van der Waals surface area contributed by atoms with Crippen molar-refractivity contribution < 1.29 is 23.5 Å². The van der Waals surface area contributed by atoms with Crippen molar-refractivity contribution in [2.75, 3.05) is 13.2 Å². The van der Waals surface area contributed by atoms with Crippen molar-refractivity contribution in [2.24, 2.45) is 0 Å². The van der Waals surface area contributed by atoms with Crippen LogP contribution in [0.1, 0.15) is 10.5 Å². The summed E-state index contributed by atoms with van der Waals surface area (Å²) in [6.07, 6.45) is 1.59. The van der Waals surface area contributed by atoms with Gasteiger partial charge in [0.2, 0.25) is 5.78 Å². The lowest BCUT2D eigenvalue weighted by Crippen LogP contribution is -2.19. The molecule has 2 aromatic rings. The molecule has 21 heavy (non-hydrogen) atoms. The number of ketones is 1. The number of hydrogen-bond acceptors (Lipinski definition) is 4. The molecule has 1 aromatic carbocycles. The zero-order chi connectivity index (χ0) is 15.2. The van der Waals surface area contributed by atoms with Gasteiger partial charge in [-0.25, -0.2) is 9.18 Å². The van der Waals surface area contributed by atoms with E-state index in [0.29, 0.717) is 10.2 Å². The van der Waals surface area contributed by atoms with Crippen LogP contribution >= 0.6 is 15.9 Å². The first kappa shape index (κ1) is 15.2. The van der Waals surface area contributed by atoms with Gasteiger partial charge in [0.1, 0.15) is 0 Å². The molecule has 0 amide bonds. The number of benzene rings is 1. The third-order valence-electron chi connectivity index (χ3n) is 2.50. The highest BCUT2D eigenvalue weighted by atomic mass is 79.9. The molecule has 0 aliphatic rings. The normalized spacial score (nSPS) is 10.2. The van der Waals surface area contributed by atoms with Crippen LogP contribution in [0, 0.1) is 5.82 Å². The summed E-state index contributed by atoms with van der Waals surface area (Å²) in [5, 5.41) is 0. The number of Topliss-reactive ketones (excluding diaryl/α,β-unsaturated/α-hetero) is 1. The average molecular weight is 356 g/mol. The SMILES string of the molecule is O=C(COc1ccc(Br)cc1F)OCC(=O)c1ccc[nH]1. The third-order valence-corrected chi connectivity index (χ3v) is 3.00. The summed E-state index contributed by atoms with van der Waals surface area (Å²) in [7, 11) is 0. The number of aromatic amines is 1. The molecule has 0 saturated carbocycles. The molecule has 0 saturated heterocycles. The monoisotopic (exact) mass is 355 g/mol. The van der Waals surface area contributed by atoms with Gasteiger partial charge in [0.15, 0.2) is 24.8 Å². The van der Waals surface area contributed by atoms with E-state index in [1.165, 1.54) is 12.1 Å². The Kier molecular flexibility index (Phi) is 5.10. The van der Waals surface area contributed by atoms with Crippen molar-refractivity contribution in [3.8, 4) is 5.75 Å². The Balaban J connectivity index is 1.78. The van der Waals surface area contributed by atoms with Crippen LogP contribution in [-0.2, 0) is 9.53 Å². The molecule has 0 spiro atoms. The predicted octanol–water partition coefficient (Wildman–Crippen LogP) is 2.72. The van der Waals surface area contributed by atoms with Crippen molar-refractivity contribution in [1.29, 1.82) is 0 Å². The molecule has 2 rings (SSSR count). The van der Waals surface area contributed by atoms with Gasteiger partial charge in [-0.05, 0) is 30.3 Å². The van der Waals surface area contributed by atoms with Gasteiger partial charge in [-0.15, -0.1) is 0 Å². The van der Waals surface area contributed by atoms with Crippen LogP contribution in [-0.4, -0.2) is 30.0 Å². The Bertz CT molecular complexity index is 642. The number of carbonyl (C=O) groups excluding carboxylic acids is 2. The highest BCUT2D eigenvalue weighted by Crippen LogP contribution is 2.21. The van der Waals surface area contributed by atoms with Crippen molar-refractivity contribution in [1.82, 2.24) is 4.98 Å². The maximum Gasteiger partial charge on any atom is 0.344 e. The summed E-state index contributed by atoms with van der Waals surface area (Å²) >= 11 is 3.11. The quantitative estimate of drug-likeness (QED) is 0.638. The van der Waals surface area contributed by atoms with Gasteiger partial charge in [-0.3, -0.25) is 4.79 Å². The summed E-state index contributed by atoms with van der Waals surface area (Å²) in [4.78, 5) is 25.7. The predicted molar refractivity (Wildman–Crippen MR) is 75.7 cm³/mol. The summed E-state index contributed by atoms with van der Waals surface area (Å²) in [5.74, 6) is -1.77. The van der Waals surface area contributed by atoms with Gasteiger partial charge in [0, 0.05) is 10.7 Å². The molecule has 0 atom stereocenters. The number of carbonyl (C=O) groups is 2. The first-order valence-corrected chi connectivity index (χ1v) is 6.75. The molecule has 110 valence electrons. The molecule has 0 radical (unpaired) electrons. The fraction of sp³-hybridized carbons (Fsp3) is 0.143. The summed E-state index contributed by atoms with van der Waals surface area (Å²) < 4.78 is 23.7. The van der Waals surface area contributed by atoms with Gasteiger partial charge in [0.25, 0.3) is 0 Å². The number of halogens is 2. The first-order valence-electron chi connectivity index (χ1n) is 5.96. The average Bonchev–Trinajstić information content (AvgIpc) is 2.98. The molecule has 7 heteroatoms. The molecular weight excluding hydrogens is 345 g/mol. The van der Waals surface area contributed by atoms with Crippen LogP contribution in [0.4, 0.5) is 4.39 Å². The van der Waals surface area contributed by atoms with E-state index in [-0.39, 0.29) is 11.5 Å². The van der Waals surface area contributed by atoms with E-state index < -0.39 is 25.0 Å². The van der Waals surface area contributed by atoms with Gasteiger partial charge in [0.05, 0.1) is 5.69 Å². The molecule has 1 N–H and O–H groups in total. The maximum atomic E-state index is 13.4. The molecule has 0 unspecified atom stereocenters. The molecule has 5 nitrogen and oxygen atoms in total. The zero-order valence-electron chi connectivity index (χ0n) is 10.8. The summed E-state index contributed by atoms with van der Waals surface area (Å²) in [6.45, 7) is -0.873. The van der Waals surface area contributed by atoms with Gasteiger partial charge in [-0.1, -0.05) is 15.9 Å². The van der Waals surface area contributed by atoms with Crippen LogP contribution in [0.5, 0.6) is 5.75 Å². The van der Waals surface area contributed by atoms with Crippen molar-refractivity contribution in [3.63, 3.8) is 0 Å². The highest BCUT2D eigenvalue weighted by Gasteiger charge is 2.12. The fourth-order valence-electron chi connectivity index (χ4n) is 1.50. The Morgan fingerprint density at radius 3 is 2.71 bits per heavy atom. The van der Waals surface area contributed by atoms with E-state index in [9.17, 15) is 14.0 Å². The van der Waals surface area contributed by atoms with Crippen molar-refractivity contribution >= 4 is 27.7 Å². The lowest BCUT2D eigenvalue weighted by Gasteiger charge is -2.07. The molecule has 0 aliphatic carbocycles. The molecule has 1 aromatic heterocycles. The molecule has 0 bridgehead atoms. The minimum atomic E-state index is -0.753. The van der Waals surface area contributed by atoms with Gasteiger partial charge >= 0.3 is 5.97 Å². The molecular formula is C14H11BrFNO4. The Morgan fingerprint density at radius 2 is 2.05 bits per heavy atom. The van der Waals surface area contributed by atoms with E-state index in [1.54, 1.807) is 24.4 Å². The molecule has 1 heterocycles. The number of hydrogen-bond donors (Lipinski definition) is 1. The third kappa shape index (κ3) is 4.42. The zero-order valence-corrected chi connectivity index (χ0v) is 12.4. The van der Waals surface area contributed by atoms with E-state index in [2.05, 4.69) is 20.9 Å². The highest BCUT2D eigenvalue weighted by molar-refractivity contribution is 9.10. The second-order valence-corrected chi connectivity index (χ2v) is 4.95. The summed E-state index contributed by atoms with van der Waals surface area (Å²) in [5.41, 5.74) is 0.350. The van der Waals surface area contributed by atoms with Gasteiger partial charge in [-0.2, -0.15) is 0 Å². The van der Waals surface area contributed by atoms with Crippen LogP contribution in [0.3, 0.4) is 0 Å². The standard InChI is InChI=1S/C14H11BrFNO4/c15-9-3-4-13(10(16)6-9)20-8-14(19)21-7-12(18)11-2-1-5-17-11/h1-6,17H,7-8H2. The van der Waals surface area contributed by atoms with E-state index in [0.717, 1.165) is 0 Å². The maximum absolute atomic E-state index is 13.4. The van der Waals surface area contributed by atoms with Crippen molar-refractivity contribution in [3.05, 3.63) is 52.5 Å². The van der Waals surface area contributed by atoms with Crippen LogP contribution in [0.2, 0.25) is 0 Å². The summed E-state index contributed by atoms with van der Waals surface area (Å²) in [6, 6.07) is 7.42. The lowest BCUT2D eigenvalue weighted by atomic mass is 10.3. The fourth-order valence-corrected chi connectivity index (χ4v) is 1.83. The van der Waals surface area contributed by atoms with Crippen molar-refractivity contribution in [2.45, 2.75) is 0 Å². The first-order chi connectivity index (χ1) is 10.1. The number of H-pyrrole nitrogens is 1. The molecule has 0 fully saturated rings. The lowest BCUT2D eigenvalue weighted by molar-refractivity contribution is -0.144. The number of rotatable bonds is 6. The Labute approximate surface area is 128 Å². The number of esters is 1. The van der Waals surface area contributed by atoms with E-state index in [1.807, 2.05) is 0 Å². The number of nitrogens with one attached hydrogen (secondary N) is 1. The van der Waals surface area contributed by atoms with Gasteiger partial charge < -0.3 is 14.5 Å². The second-order valence-electron chi connectivity index (χ2n) is 4.03. The minimum Gasteiger partial charge on any atom is -0.479 e. The number of aromatic nitrogens is 1. The van der Waals surface area contributed by atoms with Crippen LogP contribution in [0.15, 0.2) is 41.0 Å². The smallest absolute Gasteiger partial charge is 0.344 e. The second kappa shape index (κ2) is 7.03. The Hall–Kier alpha value is -2.15. The Morgan fingerprint density at radius 1 is 1.24 bits per heavy atom. The van der Waals surface area contributed by atoms with E-state index >= 15 is 0 Å².